The van der Waals surface area contributed by atoms with Crippen LogP contribution in [0.2, 0.25) is 10.0 Å². The van der Waals surface area contributed by atoms with Gasteiger partial charge >= 0.3 is 0 Å². The summed E-state index contributed by atoms with van der Waals surface area (Å²) in [7, 11) is 1.96. The molecule has 0 spiro atoms. The maximum atomic E-state index is 12.3. The molecule has 0 heterocycles. The first-order valence-electron chi connectivity index (χ1n) is 7.10. The van der Waals surface area contributed by atoms with E-state index in [9.17, 15) is 4.79 Å². The van der Waals surface area contributed by atoms with Gasteiger partial charge in [-0.3, -0.25) is 4.79 Å². The van der Waals surface area contributed by atoms with Crippen LogP contribution in [0.1, 0.15) is 12.5 Å². The molecule has 2 aromatic rings. The van der Waals surface area contributed by atoms with E-state index in [0.29, 0.717) is 16.6 Å². The summed E-state index contributed by atoms with van der Waals surface area (Å²) in [5.74, 6) is -0.0261. The number of anilines is 1. The Hall–Kier alpha value is -1.55. The Morgan fingerprint density at radius 3 is 2.50 bits per heavy atom. The molecule has 3 nitrogen and oxygen atoms in total. The van der Waals surface area contributed by atoms with Gasteiger partial charge < -0.3 is 10.2 Å². The van der Waals surface area contributed by atoms with Gasteiger partial charge in [-0.2, -0.15) is 0 Å². The highest BCUT2D eigenvalue weighted by Gasteiger charge is 2.23. The van der Waals surface area contributed by atoms with Gasteiger partial charge in [0.05, 0.1) is 17.1 Å². The van der Waals surface area contributed by atoms with E-state index in [2.05, 4.69) is 5.32 Å². The Labute approximate surface area is 140 Å². The average Bonchev–Trinajstić information content (AvgIpc) is 2.52. The molecule has 1 unspecified atom stereocenters. The molecule has 0 aliphatic carbocycles. The number of hydrogen-bond donors (Lipinski definition) is 2. The lowest BCUT2D eigenvalue weighted by atomic mass is 10.2. The molecule has 5 heteroatoms. The van der Waals surface area contributed by atoms with Crippen molar-refractivity contribution in [2.75, 3.05) is 12.4 Å². The van der Waals surface area contributed by atoms with Gasteiger partial charge in [-0.25, -0.2) is 0 Å². The number of rotatable bonds is 5. The van der Waals surface area contributed by atoms with Crippen LogP contribution in [0.25, 0.3) is 0 Å². The second-order valence-electron chi connectivity index (χ2n) is 5.31. The number of carbonyl (C=O) groups is 1. The number of hydrogen-bond acceptors (Lipinski definition) is 1. The van der Waals surface area contributed by atoms with Crippen molar-refractivity contribution in [3.05, 3.63) is 64.1 Å². The maximum Gasteiger partial charge on any atom is 0.282 e. The molecule has 2 aromatic carbocycles. The van der Waals surface area contributed by atoms with E-state index in [1.807, 2.05) is 56.4 Å². The fourth-order valence-corrected chi connectivity index (χ4v) is 2.52. The summed E-state index contributed by atoms with van der Waals surface area (Å²) in [6, 6.07) is 14.8. The first kappa shape index (κ1) is 16.8. The molecule has 2 rings (SSSR count). The summed E-state index contributed by atoms with van der Waals surface area (Å²) >= 11 is 12.2. The smallest absolute Gasteiger partial charge is 0.282 e. The predicted molar refractivity (Wildman–Crippen MR) is 91.6 cm³/mol. The summed E-state index contributed by atoms with van der Waals surface area (Å²) in [6.07, 6.45) is 0. The van der Waals surface area contributed by atoms with Crippen LogP contribution in [0.5, 0.6) is 0 Å². The van der Waals surface area contributed by atoms with Gasteiger partial charge in [-0.05, 0) is 25.1 Å². The zero-order chi connectivity index (χ0) is 16.1. The van der Waals surface area contributed by atoms with Crippen LogP contribution in [-0.4, -0.2) is 19.0 Å². The van der Waals surface area contributed by atoms with Crippen LogP contribution in [0.4, 0.5) is 5.69 Å². The van der Waals surface area contributed by atoms with Crippen molar-refractivity contribution >= 4 is 34.8 Å². The lowest BCUT2D eigenvalue weighted by molar-refractivity contribution is -0.907. The number of carbonyl (C=O) groups excluding carboxylic acids is 1. The zero-order valence-electron chi connectivity index (χ0n) is 12.6. The van der Waals surface area contributed by atoms with Crippen molar-refractivity contribution in [3.63, 3.8) is 0 Å². The Bertz CT molecular complexity index is 646. The van der Waals surface area contributed by atoms with E-state index in [1.165, 1.54) is 0 Å². The van der Waals surface area contributed by atoms with Crippen molar-refractivity contribution in [2.24, 2.45) is 0 Å². The number of para-hydroxylation sites is 1. The van der Waals surface area contributed by atoms with Gasteiger partial charge in [0.25, 0.3) is 5.91 Å². The monoisotopic (exact) mass is 337 g/mol. The molecular formula is C17H19Cl2N2O+. The molecule has 22 heavy (non-hydrogen) atoms. The molecule has 0 bridgehead atoms. The maximum absolute atomic E-state index is 12.3. The molecule has 2 atom stereocenters. The first-order chi connectivity index (χ1) is 10.5. The first-order valence-corrected chi connectivity index (χ1v) is 7.85. The molecule has 1 amide bonds. The normalized spacial score (nSPS) is 13.5. The van der Waals surface area contributed by atoms with Crippen molar-refractivity contribution in [1.29, 1.82) is 0 Å². The number of quaternary nitrogens is 1. The van der Waals surface area contributed by atoms with Crippen LogP contribution in [0, 0.1) is 0 Å². The van der Waals surface area contributed by atoms with Crippen LogP contribution >= 0.6 is 23.2 Å². The molecule has 2 N–H and O–H groups in total. The Morgan fingerprint density at radius 2 is 1.82 bits per heavy atom. The largest absolute Gasteiger partial charge is 0.324 e. The molecule has 0 fully saturated rings. The second-order valence-corrected chi connectivity index (χ2v) is 6.10. The SMILES string of the molecule is C[C@@H](C(=O)Nc1ccccc1)[NH+](C)Cc1cccc(Cl)c1Cl. The number of nitrogens with one attached hydrogen (secondary N) is 2. The van der Waals surface area contributed by atoms with Crippen molar-refractivity contribution in [2.45, 2.75) is 19.5 Å². The fraction of sp³-hybridized carbons (Fsp3) is 0.235. The van der Waals surface area contributed by atoms with Crippen molar-refractivity contribution < 1.29 is 9.69 Å². The van der Waals surface area contributed by atoms with Gasteiger partial charge in [0.2, 0.25) is 0 Å². The van der Waals surface area contributed by atoms with Crippen LogP contribution in [-0.2, 0) is 11.3 Å². The topological polar surface area (TPSA) is 33.5 Å². The molecule has 0 saturated carbocycles. The molecule has 0 aliphatic heterocycles. The molecule has 0 aliphatic rings. The summed E-state index contributed by atoms with van der Waals surface area (Å²) < 4.78 is 0. The van der Waals surface area contributed by atoms with E-state index < -0.39 is 0 Å². The number of halogens is 2. The molecule has 116 valence electrons. The highest BCUT2D eigenvalue weighted by molar-refractivity contribution is 6.42. The number of likely N-dealkylation sites (N-methyl/N-ethyl adjacent to an activating group) is 1. The van der Waals surface area contributed by atoms with E-state index in [1.54, 1.807) is 6.07 Å². The van der Waals surface area contributed by atoms with Crippen LogP contribution in [0.15, 0.2) is 48.5 Å². The minimum Gasteiger partial charge on any atom is -0.324 e. The lowest BCUT2D eigenvalue weighted by Crippen LogP contribution is -3.12. The number of benzene rings is 2. The molecule has 0 radical (unpaired) electrons. The second kappa shape index (κ2) is 7.63. The third-order valence-electron chi connectivity index (χ3n) is 3.67. The third-order valence-corrected chi connectivity index (χ3v) is 4.53. The lowest BCUT2D eigenvalue weighted by Gasteiger charge is -2.21. The quantitative estimate of drug-likeness (QED) is 0.863. The Kier molecular flexibility index (Phi) is 5.83. The predicted octanol–water partition coefficient (Wildman–Crippen LogP) is 3.04. The zero-order valence-corrected chi connectivity index (χ0v) is 14.1. The molecule has 0 aromatic heterocycles. The minimum absolute atomic E-state index is 0.0261. The third kappa shape index (κ3) is 4.23. The van der Waals surface area contributed by atoms with Gasteiger partial charge in [0.1, 0.15) is 6.54 Å². The average molecular weight is 338 g/mol. The highest BCUT2D eigenvalue weighted by atomic mass is 35.5. The van der Waals surface area contributed by atoms with Crippen molar-refractivity contribution in [3.8, 4) is 0 Å². The van der Waals surface area contributed by atoms with Gasteiger partial charge in [0.15, 0.2) is 6.04 Å². The summed E-state index contributed by atoms with van der Waals surface area (Å²) in [5, 5.41) is 4.01. The minimum atomic E-state index is -0.213. The van der Waals surface area contributed by atoms with Gasteiger partial charge in [-0.15, -0.1) is 0 Å². The Morgan fingerprint density at radius 1 is 1.14 bits per heavy atom. The standard InChI is InChI=1S/C17H18Cl2N2O/c1-12(17(22)20-14-8-4-3-5-9-14)21(2)11-13-7-6-10-15(18)16(13)19/h3-10,12H,11H2,1-2H3,(H,20,22)/p+1/t12-/m0/s1. The molecular weight excluding hydrogens is 319 g/mol. The van der Waals surface area contributed by atoms with E-state index in [0.717, 1.165) is 16.2 Å². The van der Waals surface area contributed by atoms with E-state index in [4.69, 9.17) is 23.2 Å². The summed E-state index contributed by atoms with van der Waals surface area (Å²) in [6.45, 7) is 2.52. The van der Waals surface area contributed by atoms with Crippen molar-refractivity contribution in [1.82, 2.24) is 0 Å². The van der Waals surface area contributed by atoms with E-state index in [-0.39, 0.29) is 11.9 Å². The highest BCUT2D eigenvalue weighted by Crippen LogP contribution is 2.24. The van der Waals surface area contributed by atoms with Gasteiger partial charge in [0, 0.05) is 11.3 Å². The summed E-state index contributed by atoms with van der Waals surface area (Å²) in [4.78, 5) is 13.3. The fourth-order valence-electron chi connectivity index (χ4n) is 2.13. The number of amides is 1. The Balaban J connectivity index is 2.01. The van der Waals surface area contributed by atoms with Crippen LogP contribution in [0.3, 0.4) is 0 Å². The van der Waals surface area contributed by atoms with Gasteiger partial charge in [-0.1, -0.05) is 53.5 Å². The van der Waals surface area contributed by atoms with E-state index >= 15 is 0 Å². The van der Waals surface area contributed by atoms with Crippen LogP contribution < -0.4 is 10.2 Å². The molecule has 0 saturated heterocycles. The summed E-state index contributed by atoms with van der Waals surface area (Å²) in [5.41, 5.74) is 1.74.